The number of amides is 1. The highest BCUT2D eigenvalue weighted by atomic mass is 32.2. The smallest absolute Gasteiger partial charge is 0.248 e. The zero-order valence-electron chi connectivity index (χ0n) is 9.16. The molecule has 0 aromatic rings. The van der Waals surface area contributed by atoms with Gasteiger partial charge in [0.15, 0.2) is 0 Å². The molecule has 82 valence electrons. The second-order valence-electron chi connectivity index (χ2n) is 3.87. The van der Waals surface area contributed by atoms with Crippen molar-refractivity contribution >= 4 is 17.7 Å². The van der Waals surface area contributed by atoms with Crippen LogP contribution < -0.4 is 0 Å². The SMILES string of the molecule is CC(C)OCC(=O)N1CCSCC1C. The van der Waals surface area contributed by atoms with Gasteiger partial charge in [-0.25, -0.2) is 0 Å². The van der Waals surface area contributed by atoms with Gasteiger partial charge in [0.1, 0.15) is 6.61 Å². The van der Waals surface area contributed by atoms with Crippen LogP contribution in [0.1, 0.15) is 20.8 Å². The molecule has 1 atom stereocenters. The maximum atomic E-state index is 11.7. The molecule has 1 heterocycles. The quantitative estimate of drug-likeness (QED) is 0.715. The molecular formula is C10H19NO2S. The molecule has 1 saturated heterocycles. The number of carbonyl (C=O) groups excluding carboxylic acids is 1. The number of rotatable bonds is 3. The molecule has 0 spiro atoms. The van der Waals surface area contributed by atoms with Crippen LogP contribution in [0.15, 0.2) is 0 Å². The van der Waals surface area contributed by atoms with Crippen LogP contribution in [0.3, 0.4) is 0 Å². The van der Waals surface area contributed by atoms with Crippen molar-refractivity contribution in [3.8, 4) is 0 Å². The van der Waals surface area contributed by atoms with E-state index in [0.29, 0.717) is 6.04 Å². The summed E-state index contributed by atoms with van der Waals surface area (Å²) >= 11 is 1.91. The molecule has 0 saturated carbocycles. The first-order chi connectivity index (χ1) is 6.61. The molecule has 0 radical (unpaired) electrons. The third kappa shape index (κ3) is 3.50. The summed E-state index contributed by atoms with van der Waals surface area (Å²) in [5.74, 6) is 2.23. The highest BCUT2D eigenvalue weighted by molar-refractivity contribution is 7.99. The van der Waals surface area contributed by atoms with Gasteiger partial charge in [0.25, 0.3) is 0 Å². The molecule has 1 amide bonds. The standard InChI is InChI=1S/C10H19NO2S/c1-8(2)13-6-10(12)11-4-5-14-7-9(11)3/h8-9H,4-7H2,1-3H3. The first-order valence-electron chi connectivity index (χ1n) is 5.10. The fourth-order valence-electron chi connectivity index (χ4n) is 1.42. The van der Waals surface area contributed by atoms with Gasteiger partial charge < -0.3 is 9.64 Å². The fraction of sp³-hybridized carbons (Fsp3) is 0.900. The molecule has 0 bridgehead atoms. The van der Waals surface area contributed by atoms with Gasteiger partial charge in [-0.2, -0.15) is 11.8 Å². The summed E-state index contributed by atoms with van der Waals surface area (Å²) in [6.45, 7) is 7.09. The molecule has 1 fully saturated rings. The zero-order valence-corrected chi connectivity index (χ0v) is 9.97. The Morgan fingerprint density at radius 2 is 2.36 bits per heavy atom. The van der Waals surface area contributed by atoms with Crippen molar-refractivity contribution < 1.29 is 9.53 Å². The Morgan fingerprint density at radius 3 is 2.93 bits per heavy atom. The van der Waals surface area contributed by atoms with Crippen LogP contribution in [-0.2, 0) is 9.53 Å². The van der Waals surface area contributed by atoms with E-state index in [1.165, 1.54) is 0 Å². The first-order valence-corrected chi connectivity index (χ1v) is 6.25. The third-order valence-electron chi connectivity index (χ3n) is 2.23. The minimum Gasteiger partial charge on any atom is -0.369 e. The molecule has 1 aliphatic rings. The summed E-state index contributed by atoms with van der Waals surface area (Å²) in [4.78, 5) is 13.6. The molecule has 1 unspecified atom stereocenters. The average molecular weight is 217 g/mol. The molecule has 1 rings (SSSR count). The summed E-state index contributed by atoms with van der Waals surface area (Å²) in [7, 11) is 0. The number of nitrogens with zero attached hydrogens (tertiary/aromatic N) is 1. The lowest BCUT2D eigenvalue weighted by Gasteiger charge is -2.33. The summed E-state index contributed by atoms with van der Waals surface area (Å²) in [5, 5.41) is 0. The Labute approximate surface area is 90.2 Å². The second-order valence-corrected chi connectivity index (χ2v) is 5.02. The van der Waals surface area contributed by atoms with Crippen molar-refractivity contribution in [2.24, 2.45) is 0 Å². The van der Waals surface area contributed by atoms with Crippen LogP contribution in [0, 0.1) is 0 Å². The predicted octanol–water partition coefficient (Wildman–Crippen LogP) is 1.38. The van der Waals surface area contributed by atoms with E-state index >= 15 is 0 Å². The molecule has 1 aliphatic heterocycles. The van der Waals surface area contributed by atoms with E-state index in [4.69, 9.17) is 4.74 Å². The molecule has 4 heteroatoms. The highest BCUT2D eigenvalue weighted by Gasteiger charge is 2.23. The van der Waals surface area contributed by atoms with Gasteiger partial charge in [-0.1, -0.05) is 0 Å². The van der Waals surface area contributed by atoms with E-state index in [2.05, 4.69) is 6.92 Å². The summed E-state index contributed by atoms with van der Waals surface area (Å²) in [6.07, 6.45) is 0.133. The Bertz CT molecular complexity index is 197. The van der Waals surface area contributed by atoms with E-state index in [1.807, 2.05) is 30.5 Å². The Morgan fingerprint density at radius 1 is 1.64 bits per heavy atom. The summed E-state index contributed by atoms with van der Waals surface area (Å²) in [5.41, 5.74) is 0. The van der Waals surface area contributed by atoms with E-state index in [9.17, 15) is 4.79 Å². The third-order valence-corrected chi connectivity index (χ3v) is 3.42. The zero-order chi connectivity index (χ0) is 10.6. The van der Waals surface area contributed by atoms with Crippen molar-refractivity contribution in [1.82, 2.24) is 4.90 Å². The van der Waals surface area contributed by atoms with Gasteiger partial charge in [-0.3, -0.25) is 4.79 Å². The Kier molecular flexibility index (Phi) is 4.75. The largest absolute Gasteiger partial charge is 0.369 e. The van der Waals surface area contributed by atoms with Crippen molar-refractivity contribution in [1.29, 1.82) is 0 Å². The molecular weight excluding hydrogens is 198 g/mol. The topological polar surface area (TPSA) is 29.5 Å². The monoisotopic (exact) mass is 217 g/mol. The Hall–Kier alpha value is -0.220. The maximum absolute atomic E-state index is 11.7. The van der Waals surface area contributed by atoms with Crippen molar-refractivity contribution in [3.05, 3.63) is 0 Å². The number of ether oxygens (including phenoxy) is 1. The van der Waals surface area contributed by atoms with Gasteiger partial charge in [0.05, 0.1) is 6.10 Å². The first kappa shape index (κ1) is 11.9. The van der Waals surface area contributed by atoms with E-state index in [0.717, 1.165) is 18.1 Å². The van der Waals surface area contributed by atoms with Crippen LogP contribution in [0.5, 0.6) is 0 Å². The van der Waals surface area contributed by atoms with Gasteiger partial charge in [-0.15, -0.1) is 0 Å². The van der Waals surface area contributed by atoms with E-state index < -0.39 is 0 Å². The minimum absolute atomic E-state index is 0.131. The Balaban J connectivity index is 2.34. The van der Waals surface area contributed by atoms with Crippen LogP contribution in [0.25, 0.3) is 0 Å². The van der Waals surface area contributed by atoms with Crippen molar-refractivity contribution in [2.75, 3.05) is 24.7 Å². The van der Waals surface area contributed by atoms with Crippen LogP contribution in [0.2, 0.25) is 0 Å². The van der Waals surface area contributed by atoms with Gasteiger partial charge >= 0.3 is 0 Å². The molecule has 0 aliphatic carbocycles. The lowest BCUT2D eigenvalue weighted by molar-refractivity contribution is -0.139. The summed E-state index contributed by atoms with van der Waals surface area (Å²) in [6, 6.07) is 0.358. The van der Waals surface area contributed by atoms with Crippen molar-refractivity contribution in [3.63, 3.8) is 0 Å². The van der Waals surface area contributed by atoms with Crippen molar-refractivity contribution in [2.45, 2.75) is 32.9 Å². The molecule has 3 nitrogen and oxygen atoms in total. The number of carbonyl (C=O) groups is 1. The normalized spacial score (nSPS) is 22.9. The average Bonchev–Trinajstić information content (AvgIpc) is 2.15. The highest BCUT2D eigenvalue weighted by Crippen LogP contribution is 2.15. The number of hydrogen-bond donors (Lipinski definition) is 0. The van der Waals surface area contributed by atoms with Crippen LogP contribution >= 0.6 is 11.8 Å². The van der Waals surface area contributed by atoms with E-state index in [1.54, 1.807) is 0 Å². The molecule has 14 heavy (non-hydrogen) atoms. The lowest BCUT2D eigenvalue weighted by Crippen LogP contribution is -2.46. The van der Waals surface area contributed by atoms with Gasteiger partial charge in [0.2, 0.25) is 5.91 Å². The summed E-state index contributed by atoms with van der Waals surface area (Å²) < 4.78 is 5.31. The molecule has 0 aromatic heterocycles. The molecule has 0 aromatic carbocycles. The van der Waals surface area contributed by atoms with Gasteiger partial charge in [-0.05, 0) is 20.8 Å². The van der Waals surface area contributed by atoms with Gasteiger partial charge in [0, 0.05) is 24.1 Å². The number of thioether (sulfide) groups is 1. The lowest BCUT2D eigenvalue weighted by atomic mass is 10.3. The molecule has 0 N–H and O–H groups in total. The maximum Gasteiger partial charge on any atom is 0.248 e. The van der Waals surface area contributed by atoms with Crippen LogP contribution in [-0.4, -0.2) is 47.6 Å². The number of hydrogen-bond acceptors (Lipinski definition) is 3. The van der Waals surface area contributed by atoms with E-state index in [-0.39, 0.29) is 18.6 Å². The fourth-order valence-corrected chi connectivity index (χ4v) is 2.43. The minimum atomic E-state index is 0.131. The predicted molar refractivity (Wildman–Crippen MR) is 59.6 cm³/mol. The van der Waals surface area contributed by atoms with Crippen LogP contribution in [0.4, 0.5) is 0 Å². The second kappa shape index (κ2) is 5.61.